The Hall–Kier alpha value is -2.20. The minimum atomic E-state index is -0.730. The molecule has 0 radical (unpaired) electrons. The van der Waals surface area contributed by atoms with Crippen LogP contribution in [0.25, 0.3) is 0 Å². The number of hydrogen-bond donors (Lipinski definition) is 1. The summed E-state index contributed by atoms with van der Waals surface area (Å²) in [6, 6.07) is 14.9. The second kappa shape index (κ2) is 4.65. The lowest BCUT2D eigenvalue weighted by Gasteiger charge is -2.50. The summed E-state index contributed by atoms with van der Waals surface area (Å²) in [5.74, 6) is 0.813. The van der Waals surface area contributed by atoms with Crippen LogP contribution in [0.15, 0.2) is 48.5 Å². The normalized spacial score (nSPS) is 26.0. The average molecular weight is 315 g/mol. The van der Waals surface area contributed by atoms with E-state index in [1.165, 1.54) is 0 Å². The minimum Gasteiger partial charge on any atom is -0.467 e. The number of carbonyl (C=O) groups is 1. The van der Waals surface area contributed by atoms with Crippen LogP contribution in [0.1, 0.15) is 24.9 Å². The van der Waals surface area contributed by atoms with Crippen LogP contribution in [-0.4, -0.2) is 11.8 Å². The number of hydrogen-bond acceptors (Lipinski definition) is 2. The van der Waals surface area contributed by atoms with Gasteiger partial charge in [-0.3, -0.25) is 4.90 Å². The summed E-state index contributed by atoms with van der Waals surface area (Å²) in [6.07, 6.45) is 0.683. The molecule has 2 heterocycles. The maximum absolute atomic E-state index is 12.6. The molecule has 2 aromatic carbocycles. The van der Waals surface area contributed by atoms with Gasteiger partial charge < -0.3 is 10.1 Å². The number of halogens is 1. The number of amides is 2. The molecule has 2 aromatic rings. The van der Waals surface area contributed by atoms with Crippen molar-refractivity contribution in [1.82, 2.24) is 5.32 Å². The number of rotatable bonds is 1. The van der Waals surface area contributed by atoms with Gasteiger partial charge in [0.25, 0.3) is 0 Å². The number of carbonyl (C=O) groups excluding carboxylic acids is 1. The molecule has 0 aliphatic carbocycles. The molecule has 112 valence electrons. The van der Waals surface area contributed by atoms with Crippen molar-refractivity contribution in [2.75, 3.05) is 4.90 Å². The molecule has 4 rings (SSSR count). The molecular weight excluding hydrogens is 300 g/mol. The zero-order valence-corrected chi connectivity index (χ0v) is 12.8. The van der Waals surface area contributed by atoms with Gasteiger partial charge in [0.15, 0.2) is 5.72 Å². The fourth-order valence-electron chi connectivity index (χ4n) is 3.33. The Morgan fingerprint density at radius 2 is 2.09 bits per heavy atom. The number of benzene rings is 2. The quantitative estimate of drug-likeness (QED) is 0.860. The zero-order valence-electron chi connectivity index (χ0n) is 12.0. The largest absolute Gasteiger partial charge is 0.467 e. The molecule has 2 aliphatic rings. The standard InChI is InChI=1S/C17H15ClN2O2/c1-17-10-14(13-7-2-3-8-15(13)22-17)19-16(21)20(17)12-6-4-5-11(18)9-12/h2-9,14H,10H2,1H3,(H,19,21)/t14-,17+/m1/s1. The van der Waals surface area contributed by atoms with Crippen LogP contribution in [0, 0.1) is 0 Å². The molecule has 0 unspecified atom stereocenters. The van der Waals surface area contributed by atoms with Crippen LogP contribution in [0.5, 0.6) is 5.75 Å². The first kappa shape index (κ1) is 13.5. The Kier molecular flexibility index (Phi) is 2.84. The van der Waals surface area contributed by atoms with Gasteiger partial charge in [-0.15, -0.1) is 0 Å². The molecule has 22 heavy (non-hydrogen) atoms. The number of para-hydroxylation sites is 1. The topological polar surface area (TPSA) is 41.6 Å². The van der Waals surface area contributed by atoms with E-state index in [0.29, 0.717) is 11.4 Å². The van der Waals surface area contributed by atoms with Gasteiger partial charge >= 0.3 is 6.03 Å². The number of anilines is 1. The Bertz CT molecular complexity index is 764. The third kappa shape index (κ3) is 1.95. The molecule has 4 nitrogen and oxygen atoms in total. The fourth-order valence-corrected chi connectivity index (χ4v) is 3.51. The van der Waals surface area contributed by atoms with E-state index < -0.39 is 5.72 Å². The molecular formula is C17H15ClN2O2. The molecule has 0 saturated carbocycles. The van der Waals surface area contributed by atoms with E-state index in [1.54, 1.807) is 17.0 Å². The summed E-state index contributed by atoms with van der Waals surface area (Å²) in [7, 11) is 0. The van der Waals surface area contributed by atoms with Crippen molar-refractivity contribution in [3.63, 3.8) is 0 Å². The van der Waals surface area contributed by atoms with Crippen molar-refractivity contribution >= 4 is 23.3 Å². The molecule has 2 amide bonds. The van der Waals surface area contributed by atoms with E-state index in [4.69, 9.17) is 16.3 Å². The first-order chi connectivity index (χ1) is 10.6. The summed E-state index contributed by atoms with van der Waals surface area (Å²) in [4.78, 5) is 14.3. The SMILES string of the molecule is C[C@]12C[C@@H](NC(=O)N1c1cccc(Cl)c1)c1ccccc1O2. The van der Waals surface area contributed by atoms with Gasteiger partial charge in [-0.05, 0) is 31.2 Å². The van der Waals surface area contributed by atoms with E-state index >= 15 is 0 Å². The van der Waals surface area contributed by atoms with Crippen molar-refractivity contribution < 1.29 is 9.53 Å². The summed E-state index contributed by atoms with van der Waals surface area (Å²) < 4.78 is 6.19. The summed E-state index contributed by atoms with van der Waals surface area (Å²) in [5, 5.41) is 3.65. The first-order valence-electron chi connectivity index (χ1n) is 7.21. The summed E-state index contributed by atoms with van der Waals surface area (Å²) in [6.45, 7) is 1.94. The van der Waals surface area contributed by atoms with Crippen LogP contribution in [0.3, 0.4) is 0 Å². The fraction of sp³-hybridized carbons (Fsp3) is 0.235. The lowest BCUT2D eigenvalue weighted by atomic mass is 9.90. The highest BCUT2D eigenvalue weighted by molar-refractivity contribution is 6.30. The van der Waals surface area contributed by atoms with E-state index in [9.17, 15) is 4.79 Å². The summed E-state index contributed by atoms with van der Waals surface area (Å²) in [5.41, 5.74) is 1.02. The predicted octanol–water partition coefficient (Wildman–Crippen LogP) is 4.11. The highest BCUT2D eigenvalue weighted by Crippen LogP contribution is 2.45. The number of urea groups is 1. The van der Waals surface area contributed by atoms with Crippen LogP contribution < -0.4 is 15.0 Å². The van der Waals surface area contributed by atoms with Crippen molar-refractivity contribution in [2.45, 2.75) is 25.1 Å². The highest BCUT2D eigenvalue weighted by atomic mass is 35.5. The van der Waals surface area contributed by atoms with E-state index in [0.717, 1.165) is 17.0 Å². The molecule has 5 heteroatoms. The van der Waals surface area contributed by atoms with Crippen molar-refractivity contribution in [2.24, 2.45) is 0 Å². The zero-order chi connectivity index (χ0) is 15.3. The smallest absolute Gasteiger partial charge is 0.325 e. The van der Waals surface area contributed by atoms with Crippen molar-refractivity contribution in [1.29, 1.82) is 0 Å². The van der Waals surface area contributed by atoms with E-state index in [2.05, 4.69) is 5.32 Å². The van der Waals surface area contributed by atoms with Gasteiger partial charge in [0.05, 0.1) is 11.7 Å². The lowest BCUT2D eigenvalue weighted by Crippen LogP contribution is -2.65. The van der Waals surface area contributed by atoms with Gasteiger partial charge in [0.1, 0.15) is 5.75 Å². The van der Waals surface area contributed by atoms with E-state index in [-0.39, 0.29) is 12.1 Å². The highest BCUT2D eigenvalue weighted by Gasteiger charge is 2.49. The third-order valence-electron chi connectivity index (χ3n) is 4.25. The maximum atomic E-state index is 12.6. The number of fused-ring (bicyclic) bond motifs is 4. The predicted molar refractivity (Wildman–Crippen MR) is 85.3 cm³/mol. The number of ether oxygens (including phenoxy) is 1. The van der Waals surface area contributed by atoms with Crippen LogP contribution >= 0.6 is 11.6 Å². The molecule has 2 aliphatic heterocycles. The van der Waals surface area contributed by atoms with Crippen LogP contribution in [0.4, 0.5) is 10.5 Å². The Morgan fingerprint density at radius 1 is 1.27 bits per heavy atom. The van der Waals surface area contributed by atoms with Gasteiger partial charge in [0.2, 0.25) is 0 Å². The van der Waals surface area contributed by atoms with Crippen molar-refractivity contribution in [3.8, 4) is 5.75 Å². The van der Waals surface area contributed by atoms with Crippen molar-refractivity contribution in [3.05, 3.63) is 59.1 Å². The molecule has 1 N–H and O–H groups in total. The lowest BCUT2D eigenvalue weighted by molar-refractivity contribution is 0.0379. The first-order valence-corrected chi connectivity index (χ1v) is 7.59. The Labute approximate surface area is 133 Å². The molecule has 1 saturated heterocycles. The molecule has 2 bridgehead atoms. The second-order valence-corrected chi connectivity index (χ2v) is 6.27. The monoisotopic (exact) mass is 314 g/mol. The molecule has 1 fully saturated rings. The molecule has 0 aromatic heterocycles. The average Bonchev–Trinajstić information content (AvgIpc) is 2.46. The Morgan fingerprint density at radius 3 is 2.91 bits per heavy atom. The molecule has 0 spiro atoms. The van der Waals surface area contributed by atoms with Crippen LogP contribution in [0.2, 0.25) is 5.02 Å². The van der Waals surface area contributed by atoms with Gasteiger partial charge in [-0.2, -0.15) is 0 Å². The van der Waals surface area contributed by atoms with Gasteiger partial charge in [-0.25, -0.2) is 4.79 Å². The van der Waals surface area contributed by atoms with Gasteiger partial charge in [-0.1, -0.05) is 35.9 Å². The maximum Gasteiger partial charge on any atom is 0.325 e. The third-order valence-corrected chi connectivity index (χ3v) is 4.48. The minimum absolute atomic E-state index is 0.0297. The van der Waals surface area contributed by atoms with Crippen LogP contribution in [-0.2, 0) is 0 Å². The molecule has 2 atom stereocenters. The van der Waals surface area contributed by atoms with E-state index in [1.807, 2.05) is 43.3 Å². The second-order valence-electron chi connectivity index (χ2n) is 5.84. The van der Waals surface area contributed by atoms with Gasteiger partial charge in [0, 0.05) is 17.0 Å². The Balaban J connectivity index is 1.82. The number of nitrogens with one attached hydrogen (secondary N) is 1. The number of nitrogens with zero attached hydrogens (tertiary/aromatic N) is 1. The summed E-state index contributed by atoms with van der Waals surface area (Å²) >= 11 is 6.07.